The first-order valence-corrected chi connectivity index (χ1v) is 11.0. The van der Waals surface area contributed by atoms with Crippen LogP contribution in [-0.4, -0.2) is 16.8 Å². The number of fused-ring (bicyclic) bond motifs is 1. The van der Waals surface area contributed by atoms with Gasteiger partial charge in [-0.3, -0.25) is 4.79 Å². The van der Waals surface area contributed by atoms with E-state index in [2.05, 4.69) is 61.5 Å². The Morgan fingerprint density at radius 1 is 0.968 bits per heavy atom. The molecule has 1 aliphatic rings. The lowest BCUT2D eigenvalue weighted by Gasteiger charge is -2.20. The summed E-state index contributed by atoms with van der Waals surface area (Å²) in [6.07, 6.45) is 4.58. The second kappa shape index (κ2) is 9.27. The van der Waals surface area contributed by atoms with Crippen molar-refractivity contribution in [3.05, 3.63) is 104 Å². The van der Waals surface area contributed by atoms with E-state index in [4.69, 9.17) is 28.9 Å². The van der Waals surface area contributed by atoms with Crippen molar-refractivity contribution in [3.8, 4) is 0 Å². The Balaban J connectivity index is 1.41. The van der Waals surface area contributed by atoms with E-state index in [1.165, 1.54) is 5.56 Å². The summed E-state index contributed by atoms with van der Waals surface area (Å²) in [7, 11) is 0. The minimum Gasteiger partial charge on any atom is -0.333 e. The van der Waals surface area contributed by atoms with E-state index in [1.807, 2.05) is 11.0 Å². The predicted molar refractivity (Wildman–Crippen MR) is 129 cm³/mol. The summed E-state index contributed by atoms with van der Waals surface area (Å²) in [5.74, 6) is -0.0704. The first-order chi connectivity index (χ1) is 14.9. The Kier molecular flexibility index (Phi) is 6.47. The Morgan fingerprint density at radius 3 is 2.39 bits per heavy atom. The molecule has 1 amide bonds. The molecule has 0 aliphatic carbocycles. The average molecular weight is 451 g/mol. The van der Waals surface area contributed by atoms with Crippen molar-refractivity contribution < 1.29 is 4.79 Å². The van der Waals surface area contributed by atoms with Crippen LogP contribution >= 0.6 is 23.2 Å². The van der Waals surface area contributed by atoms with Gasteiger partial charge in [0.25, 0.3) is 0 Å². The highest BCUT2D eigenvalue weighted by molar-refractivity contribution is 6.35. The number of halogens is 2. The number of nitrogens with zero attached hydrogens (tertiary/aromatic N) is 1. The van der Waals surface area contributed by atoms with E-state index in [1.54, 1.807) is 12.1 Å². The van der Waals surface area contributed by atoms with Gasteiger partial charge in [0.15, 0.2) is 0 Å². The van der Waals surface area contributed by atoms with Crippen molar-refractivity contribution in [2.45, 2.75) is 32.5 Å². The number of hydrogen-bond donors (Lipinski definition) is 1. The van der Waals surface area contributed by atoms with E-state index in [9.17, 15) is 4.79 Å². The van der Waals surface area contributed by atoms with Crippen LogP contribution < -0.4 is 5.73 Å². The van der Waals surface area contributed by atoms with Crippen molar-refractivity contribution in [2.75, 3.05) is 0 Å². The van der Waals surface area contributed by atoms with Crippen LogP contribution in [0, 0.1) is 6.92 Å². The molecule has 3 aromatic carbocycles. The molecule has 2 N–H and O–H groups in total. The van der Waals surface area contributed by atoms with Crippen LogP contribution in [-0.2, 0) is 24.3 Å². The maximum Gasteiger partial charge on any atom is 0.240 e. The number of benzene rings is 3. The SMILES string of the molecule is Cc1ccc(/C=C/c2ccc3c(c2)CN(C(=O)[C@H](N)Cc2ccc(Cl)cc2Cl)C3)cc1. The van der Waals surface area contributed by atoms with Crippen molar-refractivity contribution >= 4 is 41.3 Å². The number of rotatable bonds is 5. The molecule has 3 nitrogen and oxygen atoms in total. The third kappa shape index (κ3) is 5.19. The quantitative estimate of drug-likeness (QED) is 0.492. The van der Waals surface area contributed by atoms with Crippen LogP contribution in [0.5, 0.6) is 0 Å². The number of carbonyl (C=O) groups is 1. The molecule has 0 fully saturated rings. The van der Waals surface area contributed by atoms with Crippen molar-refractivity contribution in [1.29, 1.82) is 0 Å². The largest absolute Gasteiger partial charge is 0.333 e. The molecule has 0 unspecified atom stereocenters. The number of carbonyl (C=O) groups excluding carboxylic acids is 1. The molecule has 0 saturated heterocycles. The average Bonchev–Trinajstić information content (AvgIpc) is 3.18. The van der Waals surface area contributed by atoms with Crippen LogP contribution in [0.25, 0.3) is 12.2 Å². The summed E-state index contributed by atoms with van der Waals surface area (Å²) < 4.78 is 0. The zero-order valence-electron chi connectivity index (χ0n) is 17.3. The van der Waals surface area contributed by atoms with Gasteiger partial charge in [0.1, 0.15) is 0 Å². The van der Waals surface area contributed by atoms with Crippen molar-refractivity contribution in [2.24, 2.45) is 5.73 Å². The lowest BCUT2D eigenvalue weighted by Crippen LogP contribution is -2.42. The maximum absolute atomic E-state index is 12.9. The fraction of sp³-hybridized carbons (Fsp3) is 0.192. The van der Waals surface area contributed by atoms with E-state index >= 15 is 0 Å². The van der Waals surface area contributed by atoms with Gasteiger partial charge in [0.05, 0.1) is 6.04 Å². The third-order valence-electron chi connectivity index (χ3n) is 5.58. The summed E-state index contributed by atoms with van der Waals surface area (Å²) in [4.78, 5) is 14.7. The number of aryl methyl sites for hydroxylation is 1. The monoisotopic (exact) mass is 450 g/mol. The zero-order valence-corrected chi connectivity index (χ0v) is 18.8. The summed E-state index contributed by atoms with van der Waals surface area (Å²) >= 11 is 12.2. The third-order valence-corrected chi connectivity index (χ3v) is 6.17. The molecule has 5 heteroatoms. The Hall–Kier alpha value is -2.59. The lowest BCUT2D eigenvalue weighted by molar-refractivity contribution is -0.133. The molecule has 0 aromatic heterocycles. The van der Waals surface area contributed by atoms with E-state index in [-0.39, 0.29) is 5.91 Å². The fourth-order valence-corrected chi connectivity index (χ4v) is 4.28. The number of hydrogen-bond acceptors (Lipinski definition) is 2. The predicted octanol–water partition coefficient (Wildman–Crippen LogP) is 5.88. The molecule has 4 rings (SSSR count). The maximum atomic E-state index is 12.9. The minimum absolute atomic E-state index is 0.0704. The van der Waals surface area contributed by atoms with Gasteiger partial charge in [0, 0.05) is 23.1 Å². The summed E-state index contributed by atoms with van der Waals surface area (Å²) in [5.41, 5.74) is 12.9. The molecule has 0 saturated carbocycles. The molecule has 3 aromatic rings. The van der Waals surface area contributed by atoms with E-state index in [0.29, 0.717) is 29.6 Å². The Labute approximate surface area is 193 Å². The summed E-state index contributed by atoms with van der Waals surface area (Å²) in [5, 5.41) is 1.10. The van der Waals surface area contributed by atoms with Crippen LogP contribution in [0.1, 0.15) is 33.4 Å². The Morgan fingerprint density at radius 2 is 1.65 bits per heavy atom. The first kappa shape index (κ1) is 21.6. The normalized spacial score (nSPS) is 14.1. The van der Waals surface area contributed by atoms with Crippen LogP contribution in [0.15, 0.2) is 60.7 Å². The summed E-state index contributed by atoms with van der Waals surface area (Å²) in [6, 6.07) is 19.4. The fourth-order valence-electron chi connectivity index (χ4n) is 3.79. The Bertz CT molecular complexity index is 1140. The van der Waals surface area contributed by atoms with Gasteiger partial charge in [-0.25, -0.2) is 0 Å². The molecule has 1 heterocycles. The van der Waals surface area contributed by atoms with Crippen molar-refractivity contribution in [1.82, 2.24) is 4.90 Å². The highest BCUT2D eigenvalue weighted by atomic mass is 35.5. The van der Waals surface area contributed by atoms with E-state index in [0.717, 1.165) is 27.8 Å². The molecule has 1 aliphatic heterocycles. The highest BCUT2D eigenvalue weighted by Crippen LogP contribution is 2.27. The topological polar surface area (TPSA) is 46.3 Å². The van der Waals surface area contributed by atoms with Gasteiger partial charge < -0.3 is 10.6 Å². The molecule has 0 radical (unpaired) electrons. The van der Waals surface area contributed by atoms with Crippen molar-refractivity contribution in [3.63, 3.8) is 0 Å². The summed E-state index contributed by atoms with van der Waals surface area (Å²) in [6.45, 7) is 3.23. The molecule has 158 valence electrons. The lowest BCUT2D eigenvalue weighted by atomic mass is 10.1. The number of amides is 1. The number of nitrogens with two attached hydrogens (primary N) is 1. The standard InChI is InChI=1S/C26H24Cl2N2O/c1-17-2-4-18(5-3-17)6-7-19-8-9-21-15-30(16-22(21)12-19)26(31)25(29)13-20-10-11-23(27)14-24(20)28/h2-12,14,25H,13,15-16,29H2,1H3/b7-6+/t25-/m1/s1. The van der Waals surface area contributed by atoms with Crippen LogP contribution in [0.4, 0.5) is 0 Å². The van der Waals surface area contributed by atoms with Gasteiger partial charge in [-0.1, -0.05) is 83.4 Å². The van der Waals surface area contributed by atoms with Gasteiger partial charge in [0.2, 0.25) is 5.91 Å². The second-order valence-corrected chi connectivity index (χ2v) is 8.86. The van der Waals surface area contributed by atoms with Gasteiger partial charge in [-0.15, -0.1) is 0 Å². The van der Waals surface area contributed by atoms with Gasteiger partial charge in [-0.05, 0) is 59.4 Å². The highest BCUT2D eigenvalue weighted by Gasteiger charge is 2.27. The van der Waals surface area contributed by atoms with Gasteiger partial charge >= 0.3 is 0 Å². The first-order valence-electron chi connectivity index (χ1n) is 10.2. The minimum atomic E-state index is -0.645. The van der Waals surface area contributed by atoms with E-state index < -0.39 is 6.04 Å². The zero-order chi connectivity index (χ0) is 22.0. The van der Waals surface area contributed by atoms with Crippen LogP contribution in [0.3, 0.4) is 0 Å². The molecule has 31 heavy (non-hydrogen) atoms. The molecule has 1 atom stereocenters. The van der Waals surface area contributed by atoms with Gasteiger partial charge in [-0.2, -0.15) is 0 Å². The molecular formula is C26H24Cl2N2O. The van der Waals surface area contributed by atoms with Crippen LogP contribution in [0.2, 0.25) is 10.0 Å². The molecular weight excluding hydrogens is 427 g/mol. The molecule has 0 spiro atoms. The smallest absolute Gasteiger partial charge is 0.240 e. The second-order valence-electron chi connectivity index (χ2n) is 8.01. The molecule has 0 bridgehead atoms.